The van der Waals surface area contributed by atoms with Gasteiger partial charge in [-0.15, -0.1) is 0 Å². The average molecular weight is 275 g/mol. The number of aryl methyl sites for hydroxylation is 1. The van der Waals surface area contributed by atoms with Crippen LogP contribution in [0, 0.1) is 23.5 Å². The van der Waals surface area contributed by atoms with Gasteiger partial charge in [-0.3, -0.25) is 4.68 Å². The van der Waals surface area contributed by atoms with Gasteiger partial charge in [0, 0.05) is 20.0 Å². The first-order chi connectivity index (χ1) is 8.99. The lowest BCUT2D eigenvalue weighted by Gasteiger charge is -2.08. The highest BCUT2D eigenvalue weighted by molar-refractivity contribution is 5.45. The fraction of sp³-hybridized carbons (Fsp3) is 0.300. The van der Waals surface area contributed by atoms with E-state index >= 15 is 0 Å². The van der Waals surface area contributed by atoms with Crippen molar-refractivity contribution < 1.29 is 17.6 Å². The number of aromatic nitrogens is 4. The predicted octanol–water partition coefficient (Wildman–Crippen LogP) is 1.42. The standard InChI is InChI=1S/C10H9F4N5/c1-19-4-16-5(18-19)2-3-15-8-6(11)9(13)17-10(14)7(8)12/h4H,2-3H2,1H3,(H,15,17). The Hall–Kier alpha value is -2.19. The lowest BCUT2D eigenvalue weighted by atomic mass is 10.3. The molecule has 102 valence electrons. The van der Waals surface area contributed by atoms with E-state index in [2.05, 4.69) is 20.4 Å². The van der Waals surface area contributed by atoms with Crippen molar-refractivity contribution in [3.63, 3.8) is 0 Å². The summed E-state index contributed by atoms with van der Waals surface area (Å²) in [5.41, 5.74) is -0.888. The normalized spacial score (nSPS) is 10.8. The number of rotatable bonds is 4. The molecule has 2 heterocycles. The molecule has 0 aliphatic rings. The molecule has 1 N–H and O–H groups in total. The molecule has 0 amide bonds. The Morgan fingerprint density at radius 2 is 1.79 bits per heavy atom. The molecule has 0 unspecified atom stereocenters. The Morgan fingerprint density at radius 3 is 2.32 bits per heavy atom. The monoisotopic (exact) mass is 275 g/mol. The second kappa shape index (κ2) is 5.21. The van der Waals surface area contributed by atoms with Crippen LogP contribution < -0.4 is 5.32 Å². The third-order valence-corrected chi connectivity index (χ3v) is 2.29. The van der Waals surface area contributed by atoms with Crippen molar-refractivity contribution >= 4 is 5.69 Å². The molecule has 0 aromatic carbocycles. The molecule has 0 aliphatic carbocycles. The number of nitrogens with one attached hydrogen (secondary N) is 1. The van der Waals surface area contributed by atoms with Crippen LogP contribution in [0.15, 0.2) is 6.33 Å². The summed E-state index contributed by atoms with van der Waals surface area (Å²) in [5, 5.41) is 6.20. The molecule has 9 heteroatoms. The molecule has 0 saturated carbocycles. The van der Waals surface area contributed by atoms with Crippen molar-refractivity contribution in [1.29, 1.82) is 0 Å². The van der Waals surface area contributed by atoms with E-state index < -0.39 is 29.2 Å². The van der Waals surface area contributed by atoms with Crippen molar-refractivity contribution in [2.45, 2.75) is 6.42 Å². The second-order valence-electron chi connectivity index (χ2n) is 3.71. The molecular formula is C10H9F4N5. The van der Waals surface area contributed by atoms with Gasteiger partial charge < -0.3 is 5.32 Å². The van der Waals surface area contributed by atoms with Crippen LogP contribution in [0.1, 0.15) is 5.82 Å². The fourth-order valence-corrected chi connectivity index (χ4v) is 1.44. The summed E-state index contributed by atoms with van der Waals surface area (Å²) in [7, 11) is 1.66. The van der Waals surface area contributed by atoms with Gasteiger partial charge in [0.15, 0.2) is 5.82 Å². The third-order valence-electron chi connectivity index (χ3n) is 2.29. The molecular weight excluding hydrogens is 266 g/mol. The molecule has 0 spiro atoms. The third kappa shape index (κ3) is 2.80. The zero-order valence-electron chi connectivity index (χ0n) is 9.79. The average Bonchev–Trinajstić information content (AvgIpc) is 2.77. The molecule has 0 aliphatic heterocycles. The van der Waals surface area contributed by atoms with Crippen LogP contribution in [-0.2, 0) is 13.5 Å². The summed E-state index contributed by atoms with van der Waals surface area (Å²) in [6, 6.07) is 0. The quantitative estimate of drug-likeness (QED) is 0.677. The first kappa shape index (κ1) is 13.2. The van der Waals surface area contributed by atoms with E-state index in [9.17, 15) is 17.6 Å². The van der Waals surface area contributed by atoms with E-state index in [-0.39, 0.29) is 13.0 Å². The lowest BCUT2D eigenvalue weighted by Crippen LogP contribution is -2.12. The predicted molar refractivity (Wildman–Crippen MR) is 57.3 cm³/mol. The van der Waals surface area contributed by atoms with Gasteiger partial charge in [0.2, 0.25) is 11.6 Å². The topological polar surface area (TPSA) is 55.6 Å². The highest BCUT2D eigenvalue weighted by Crippen LogP contribution is 2.21. The summed E-state index contributed by atoms with van der Waals surface area (Å²) >= 11 is 0. The van der Waals surface area contributed by atoms with Crippen molar-refractivity contribution in [3.05, 3.63) is 35.7 Å². The van der Waals surface area contributed by atoms with Crippen LogP contribution >= 0.6 is 0 Å². The van der Waals surface area contributed by atoms with E-state index in [0.717, 1.165) is 0 Å². The molecule has 19 heavy (non-hydrogen) atoms. The van der Waals surface area contributed by atoms with E-state index in [0.29, 0.717) is 5.82 Å². The van der Waals surface area contributed by atoms with Gasteiger partial charge >= 0.3 is 0 Å². The van der Waals surface area contributed by atoms with Gasteiger partial charge in [0.25, 0.3) is 11.9 Å². The zero-order chi connectivity index (χ0) is 14.0. The Kier molecular flexibility index (Phi) is 3.63. The molecule has 2 aromatic heterocycles. The van der Waals surface area contributed by atoms with Crippen LogP contribution in [0.5, 0.6) is 0 Å². The maximum atomic E-state index is 13.2. The SMILES string of the molecule is Cn1cnc(CCNc2c(F)c(F)nc(F)c2F)n1. The van der Waals surface area contributed by atoms with Crippen LogP contribution in [0.4, 0.5) is 23.2 Å². The minimum absolute atomic E-state index is 0.0146. The molecule has 5 nitrogen and oxygen atoms in total. The minimum Gasteiger partial charge on any atom is -0.380 e. The molecule has 0 fully saturated rings. The summed E-state index contributed by atoms with van der Waals surface area (Å²) in [5.74, 6) is -6.08. The largest absolute Gasteiger partial charge is 0.380 e. The van der Waals surface area contributed by atoms with E-state index in [4.69, 9.17) is 0 Å². The molecule has 0 bridgehead atoms. The summed E-state index contributed by atoms with van der Waals surface area (Å²) < 4.78 is 53.5. The van der Waals surface area contributed by atoms with Crippen molar-refractivity contribution in [1.82, 2.24) is 19.7 Å². The summed E-state index contributed by atoms with van der Waals surface area (Å²) in [6.45, 7) is 0.0146. The molecule has 0 atom stereocenters. The maximum absolute atomic E-state index is 13.2. The maximum Gasteiger partial charge on any atom is 0.253 e. The Balaban J connectivity index is 2.07. The van der Waals surface area contributed by atoms with Crippen LogP contribution in [0.2, 0.25) is 0 Å². The zero-order valence-corrected chi connectivity index (χ0v) is 9.79. The number of anilines is 1. The molecule has 2 aromatic rings. The van der Waals surface area contributed by atoms with Gasteiger partial charge in [-0.05, 0) is 0 Å². The number of hydrogen-bond donors (Lipinski definition) is 1. The molecule has 2 rings (SSSR count). The van der Waals surface area contributed by atoms with Gasteiger partial charge in [0.1, 0.15) is 12.0 Å². The molecule has 0 saturated heterocycles. The smallest absolute Gasteiger partial charge is 0.253 e. The summed E-state index contributed by atoms with van der Waals surface area (Å²) in [6.07, 6.45) is 1.70. The van der Waals surface area contributed by atoms with Crippen LogP contribution in [0.3, 0.4) is 0 Å². The van der Waals surface area contributed by atoms with E-state index in [1.54, 1.807) is 7.05 Å². The summed E-state index contributed by atoms with van der Waals surface area (Å²) in [4.78, 5) is 6.34. The van der Waals surface area contributed by atoms with Gasteiger partial charge in [-0.25, -0.2) is 4.98 Å². The Morgan fingerprint density at radius 1 is 1.16 bits per heavy atom. The highest BCUT2D eigenvalue weighted by Gasteiger charge is 2.20. The van der Waals surface area contributed by atoms with Gasteiger partial charge in [-0.1, -0.05) is 0 Å². The number of hydrogen-bond acceptors (Lipinski definition) is 4. The number of halogens is 4. The minimum atomic E-state index is -1.70. The fourth-order valence-electron chi connectivity index (χ4n) is 1.44. The van der Waals surface area contributed by atoms with E-state index in [1.807, 2.05) is 0 Å². The van der Waals surface area contributed by atoms with Crippen molar-refractivity contribution in [2.24, 2.45) is 7.05 Å². The first-order valence-electron chi connectivity index (χ1n) is 5.27. The molecule has 0 radical (unpaired) electrons. The first-order valence-corrected chi connectivity index (χ1v) is 5.27. The Bertz CT molecular complexity index is 572. The van der Waals surface area contributed by atoms with Crippen molar-refractivity contribution in [2.75, 3.05) is 11.9 Å². The van der Waals surface area contributed by atoms with Gasteiger partial charge in [0.05, 0.1) is 0 Å². The van der Waals surface area contributed by atoms with Gasteiger partial charge in [-0.2, -0.15) is 27.6 Å². The highest BCUT2D eigenvalue weighted by atomic mass is 19.2. The van der Waals surface area contributed by atoms with Crippen LogP contribution in [-0.4, -0.2) is 26.3 Å². The lowest BCUT2D eigenvalue weighted by molar-refractivity contribution is 0.410. The van der Waals surface area contributed by atoms with Crippen LogP contribution in [0.25, 0.3) is 0 Å². The Labute approximate surface area is 105 Å². The van der Waals surface area contributed by atoms with Crippen molar-refractivity contribution in [3.8, 4) is 0 Å². The number of pyridine rings is 1. The van der Waals surface area contributed by atoms with E-state index in [1.165, 1.54) is 11.0 Å². The second-order valence-corrected chi connectivity index (χ2v) is 3.71. The number of nitrogens with zero attached hydrogens (tertiary/aromatic N) is 4.